The third kappa shape index (κ3) is 4.78. The summed E-state index contributed by atoms with van der Waals surface area (Å²) >= 11 is 0. The number of likely N-dealkylation sites (N-methyl/N-ethyl adjacent to an activating group) is 1. The molecule has 4 heterocycles. The number of carbonyl (C=O) groups is 1. The number of aromatic nitrogens is 3. The lowest BCUT2D eigenvalue weighted by atomic mass is 9.87. The Morgan fingerprint density at radius 2 is 1.86 bits per heavy atom. The maximum atomic E-state index is 12.5. The molecule has 1 fully saturated rings. The number of rotatable bonds is 6. The summed E-state index contributed by atoms with van der Waals surface area (Å²) in [6.45, 7) is 6.41. The number of carbonyl (C=O) groups excluding carboxylic acids is 1. The van der Waals surface area contributed by atoms with Gasteiger partial charge in [-0.3, -0.25) is 4.79 Å². The average Bonchev–Trinajstić information content (AvgIpc) is 3.45. The molecule has 1 aromatic carbocycles. The summed E-state index contributed by atoms with van der Waals surface area (Å²) in [5, 5.41) is 2.00. The van der Waals surface area contributed by atoms with Gasteiger partial charge in [0, 0.05) is 47.3 Å². The minimum atomic E-state index is -3.45. The Hall–Kier alpha value is -3.17. The van der Waals surface area contributed by atoms with Gasteiger partial charge in [0.1, 0.15) is 0 Å². The van der Waals surface area contributed by atoms with Crippen molar-refractivity contribution in [3.63, 3.8) is 0 Å². The van der Waals surface area contributed by atoms with Crippen LogP contribution in [-0.2, 0) is 14.8 Å². The predicted octanol–water partition coefficient (Wildman–Crippen LogP) is 4.38. The van der Waals surface area contributed by atoms with Crippen LogP contribution in [-0.4, -0.2) is 78.1 Å². The SMILES string of the molecule is CC(C)c1c(-c2ccnc3c2ccn3S(C)(=O)=O)[nH]c2ccc(C3CCN(C(=O)CN(C)C)CC3)cc12. The lowest BCUT2D eigenvalue weighted by molar-refractivity contribution is -0.132. The summed E-state index contributed by atoms with van der Waals surface area (Å²) < 4.78 is 25.7. The molecule has 4 aromatic rings. The van der Waals surface area contributed by atoms with E-state index in [2.05, 4.69) is 42.0 Å². The van der Waals surface area contributed by atoms with Gasteiger partial charge >= 0.3 is 0 Å². The van der Waals surface area contributed by atoms with Crippen LogP contribution in [0.3, 0.4) is 0 Å². The summed E-state index contributed by atoms with van der Waals surface area (Å²) in [6.07, 6.45) is 6.35. The van der Waals surface area contributed by atoms with Crippen molar-refractivity contribution in [1.82, 2.24) is 23.7 Å². The van der Waals surface area contributed by atoms with Crippen LogP contribution in [0.25, 0.3) is 33.2 Å². The Morgan fingerprint density at radius 3 is 2.51 bits per heavy atom. The molecule has 1 saturated heterocycles. The zero-order valence-electron chi connectivity index (χ0n) is 22.2. The number of H-pyrrole nitrogens is 1. The van der Waals surface area contributed by atoms with Crippen LogP contribution in [0.5, 0.6) is 0 Å². The quantitative estimate of drug-likeness (QED) is 0.407. The molecule has 1 amide bonds. The minimum Gasteiger partial charge on any atom is -0.354 e. The van der Waals surface area contributed by atoms with Crippen molar-refractivity contribution in [2.45, 2.75) is 38.5 Å². The van der Waals surface area contributed by atoms with E-state index in [0.717, 1.165) is 48.1 Å². The Morgan fingerprint density at radius 1 is 1.14 bits per heavy atom. The van der Waals surface area contributed by atoms with Crippen molar-refractivity contribution in [3.05, 3.63) is 53.9 Å². The van der Waals surface area contributed by atoms with E-state index in [4.69, 9.17) is 0 Å². The number of hydrogen-bond donors (Lipinski definition) is 1. The van der Waals surface area contributed by atoms with Crippen LogP contribution in [0, 0.1) is 0 Å². The van der Waals surface area contributed by atoms with E-state index in [1.54, 1.807) is 12.4 Å². The van der Waals surface area contributed by atoms with E-state index in [9.17, 15) is 13.2 Å². The van der Waals surface area contributed by atoms with E-state index in [1.165, 1.54) is 26.7 Å². The molecule has 8 nitrogen and oxygen atoms in total. The standard InChI is InChI=1S/C28H35N5O3S/c1-18(2)26-23-16-20(19-9-13-32(14-10-19)25(34)17-31(3)4)6-7-24(23)30-27(26)21-8-12-29-28-22(21)11-15-33(28)37(5,35)36/h6-8,11-12,15-16,18-19,30H,9-10,13-14,17H2,1-5H3. The van der Waals surface area contributed by atoms with E-state index >= 15 is 0 Å². The van der Waals surface area contributed by atoms with Gasteiger partial charge in [-0.25, -0.2) is 17.4 Å². The second kappa shape index (κ2) is 9.61. The smallest absolute Gasteiger partial charge is 0.237 e. The van der Waals surface area contributed by atoms with E-state index in [-0.39, 0.29) is 11.8 Å². The molecule has 0 unspecified atom stereocenters. The van der Waals surface area contributed by atoms with Crippen molar-refractivity contribution in [1.29, 1.82) is 0 Å². The third-order valence-electron chi connectivity index (χ3n) is 7.39. The van der Waals surface area contributed by atoms with Gasteiger partial charge in [-0.15, -0.1) is 0 Å². The number of nitrogens with zero attached hydrogens (tertiary/aromatic N) is 4. The highest BCUT2D eigenvalue weighted by Crippen LogP contribution is 2.40. The van der Waals surface area contributed by atoms with Crippen LogP contribution in [0.15, 0.2) is 42.7 Å². The van der Waals surface area contributed by atoms with Crippen LogP contribution < -0.4 is 0 Å². The predicted molar refractivity (Wildman–Crippen MR) is 148 cm³/mol. The average molecular weight is 522 g/mol. The molecule has 3 aromatic heterocycles. The number of hydrogen-bond acceptors (Lipinski definition) is 5. The fourth-order valence-electron chi connectivity index (χ4n) is 5.63. The zero-order valence-corrected chi connectivity index (χ0v) is 23.0. The molecule has 0 spiro atoms. The second-order valence-corrected chi connectivity index (χ2v) is 12.6. The molecule has 9 heteroatoms. The molecule has 37 heavy (non-hydrogen) atoms. The second-order valence-electron chi connectivity index (χ2n) is 10.7. The minimum absolute atomic E-state index is 0.199. The zero-order chi connectivity index (χ0) is 26.5. The molecule has 1 aliphatic rings. The highest BCUT2D eigenvalue weighted by atomic mass is 32.2. The van der Waals surface area contributed by atoms with Gasteiger partial charge in [0.25, 0.3) is 0 Å². The topological polar surface area (TPSA) is 91.3 Å². The van der Waals surface area contributed by atoms with Gasteiger partial charge in [0.05, 0.1) is 18.5 Å². The first kappa shape index (κ1) is 25.5. The lowest BCUT2D eigenvalue weighted by Gasteiger charge is -2.33. The van der Waals surface area contributed by atoms with E-state index in [0.29, 0.717) is 18.1 Å². The van der Waals surface area contributed by atoms with Gasteiger partial charge in [0.2, 0.25) is 15.9 Å². The van der Waals surface area contributed by atoms with Crippen molar-refractivity contribution in [2.75, 3.05) is 40.0 Å². The van der Waals surface area contributed by atoms with E-state index in [1.807, 2.05) is 36.0 Å². The number of likely N-dealkylation sites (tertiary alicyclic amines) is 1. The number of amides is 1. The van der Waals surface area contributed by atoms with E-state index < -0.39 is 10.0 Å². The maximum absolute atomic E-state index is 12.5. The number of pyridine rings is 1. The molecule has 5 rings (SSSR count). The summed E-state index contributed by atoms with van der Waals surface area (Å²) in [6, 6.07) is 10.4. The number of aromatic amines is 1. The van der Waals surface area contributed by atoms with Gasteiger partial charge in [-0.1, -0.05) is 19.9 Å². The van der Waals surface area contributed by atoms with Gasteiger partial charge < -0.3 is 14.8 Å². The van der Waals surface area contributed by atoms with Gasteiger partial charge in [0.15, 0.2) is 5.65 Å². The van der Waals surface area contributed by atoms with Crippen molar-refractivity contribution in [3.8, 4) is 11.3 Å². The molecule has 196 valence electrons. The molecule has 0 aliphatic carbocycles. The lowest BCUT2D eigenvalue weighted by Crippen LogP contribution is -2.42. The molecular weight excluding hydrogens is 486 g/mol. The number of fused-ring (bicyclic) bond motifs is 2. The molecular formula is C28H35N5O3S. The van der Waals surface area contributed by atoms with Crippen molar-refractivity contribution in [2.24, 2.45) is 0 Å². The molecule has 0 saturated carbocycles. The first-order valence-corrected chi connectivity index (χ1v) is 14.6. The molecule has 1 aliphatic heterocycles. The largest absolute Gasteiger partial charge is 0.354 e. The summed E-state index contributed by atoms with van der Waals surface area (Å²) in [5.74, 6) is 0.872. The van der Waals surface area contributed by atoms with Gasteiger partial charge in [-0.2, -0.15) is 0 Å². The summed E-state index contributed by atoms with van der Waals surface area (Å²) in [7, 11) is 0.400. The first-order chi connectivity index (χ1) is 17.5. The van der Waals surface area contributed by atoms with Crippen molar-refractivity contribution >= 4 is 37.9 Å². The Kier molecular flexibility index (Phi) is 6.62. The Balaban J connectivity index is 1.51. The fraction of sp³-hybridized carbons (Fsp3) is 0.429. The third-order valence-corrected chi connectivity index (χ3v) is 8.40. The van der Waals surface area contributed by atoms with Gasteiger partial charge in [-0.05, 0) is 74.2 Å². The molecule has 0 atom stereocenters. The monoisotopic (exact) mass is 521 g/mol. The number of benzene rings is 1. The Bertz CT molecular complexity index is 1570. The van der Waals surface area contributed by atoms with Crippen molar-refractivity contribution < 1.29 is 13.2 Å². The fourth-order valence-corrected chi connectivity index (χ4v) is 6.37. The van der Waals surface area contributed by atoms with Crippen LogP contribution in [0.4, 0.5) is 0 Å². The molecule has 0 bridgehead atoms. The number of piperidine rings is 1. The highest BCUT2D eigenvalue weighted by Gasteiger charge is 2.26. The normalized spacial score (nSPS) is 15.5. The first-order valence-electron chi connectivity index (χ1n) is 12.8. The Labute approximate surface area is 218 Å². The van der Waals surface area contributed by atoms with Crippen LogP contribution >= 0.6 is 0 Å². The summed E-state index contributed by atoms with van der Waals surface area (Å²) in [5.41, 5.74) is 5.97. The highest BCUT2D eigenvalue weighted by molar-refractivity contribution is 7.89. The molecule has 1 N–H and O–H groups in total. The number of nitrogens with one attached hydrogen (secondary N) is 1. The summed E-state index contributed by atoms with van der Waals surface area (Å²) in [4.78, 5) is 24.4. The van der Waals surface area contributed by atoms with Crippen LogP contribution in [0.2, 0.25) is 0 Å². The van der Waals surface area contributed by atoms with Crippen LogP contribution in [0.1, 0.15) is 49.7 Å². The maximum Gasteiger partial charge on any atom is 0.237 e. The molecule has 0 radical (unpaired) electrons.